The fourth-order valence-electron chi connectivity index (χ4n) is 3.44. The average molecular weight is 527 g/mol. The van der Waals surface area contributed by atoms with Gasteiger partial charge < -0.3 is 15.5 Å². The second kappa shape index (κ2) is 12.8. The van der Waals surface area contributed by atoms with E-state index in [2.05, 4.69) is 79.3 Å². The highest BCUT2D eigenvalue weighted by Crippen LogP contribution is 2.14. The fraction of sp³-hybridized carbons (Fsp3) is 0.591. The van der Waals surface area contributed by atoms with Crippen LogP contribution in [0.1, 0.15) is 50.2 Å². The summed E-state index contributed by atoms with van der Waals surface area (Å²) in [5, 5.41) is 11.4. The lowest BCUT2D eigenvalue weighted by molar-refractivity contribution is 0.635. The van der Waals surface area contributed by atoms with E-state index in [9.17, 15) is 0 Å². The summed E-state index contributed by atoms with van der Waals surface area (Å²) in [4.78, 5) is 11.6. The quantitative estimate of drug-likeness (QED) is 0.297. The Kier molecular flexibility index (Phi) is 11.1. The van der Waals surface area contributed by atoms with Crippen LogP contribution in [-0.2, 0) is 20.0 Å². The van der Waals surface area contributed by atoms with Gasteiger partial charge in [0.15, 0.2) is 5.96 Å². The highest BCUT2D eigenvalue weighted by Gasteiger charge is 2.14. The summed E-state index contributed by atoms with van der Waals surface area (Å²) in [6.07, 6.45) is 2.84. The molecule has 0 aliphatic heterocycles. The standard InChI is InChI=1S/C22H37N7.HI/c1-8-23-22(26-16(4)13-20-17(5)27-28(7)18(20)6)25-15-19-11-12-21(24-14-19)29(9-2)10-3;/h11-12,14,16H,8-10,13,15H2,1-7H3,(H2,23,25,26);1H. The summed E-state index contributed by atoms with van der Waals surface area (Å²) >= 11 is 0. The van der Waals surface area contributed by atoms with E-state index in [1.807, 2.05) is 17.9 Å². The van der Waals surface area contributed by atoms with E-state index in [0.717, 1.165) is 49.1 Å². The first-order chi connectivity index (χ1) is 13.9. The van der Waals surface area contributed by atoms with Crippen LogP contribution in [0, 0.1) is 13.8 Å². The number of pyridine rings is 1. The van der Waals surface area contributed by atoms with Crippen LogP contribution in [0.2, 0.25) is 0 Å². The molecule has 0 radical (unpaired) electrons. The SMILES string of the molecule is CCNC(=NCc1ccc(N(CC)CC)nc1)NC(C)Cc1c(C)nn(C)c1C.I. The van der Waals surface area contributed by atoms with Gasteiger partial charge in [0.25, 0.3) is 0 Å². The Morgan fingerprint density at radius 3 is 2.40 bits per heavy atom. The maximum atomic E-state index is 4.75. The molecule has 2 rings (SSSR count). The van der Waals surface area contributed by atoms with Crippen molar-refractivity contribution >= 4 is 35.8 Å². The molecule has 168 valence electrons. The van der Waals surface area contributed by atoms with Crippen LogP contribution in [0.25, 0.3) is 0 Å². The van der Waals surface area contributed by atoms with Crippen LogP contribution >= 0.6 is 24.0 Å². The zero-order valence-corrected chi connectivity index (χ0v) is 21.8. The minimum absolute atomic E-state index is 0. The number of aromatic nitrogens is 3. The summed E-state index contributed by atoms with van der Waals surface area (Å²) in [7, 11) is 2.00. The normalized spacial score (nSPS) is 12.3. The molecule has 30 heavy (non-hydrogen) atoms. The Hall–Kier alpha value is -1.84. The summed E-state index contributed by atoms with van der Waals surface area (Å²) in [5.41, 5.74) is 4.72. The van der Waals surface area contributed by atoms with Crippen molar-refractivity contribution in [1.29, 1.82) is 0 Å². The third kappa shape index (κ3) is 7.14. The molecule has 1 unspecified atom stereocenters. The summed E-state index contributed by atoms with van der Waals surface area (Å²) in [5.74, 6) is 1.84. The van der Waals surface area contributed by atoms with E-state index in [1.54, 1.807) is 0 Å². The molecular weight excluding hydrogens is 489 g/mol. The van der Waals surface area contributed by atoms with Gasteiger partial charge in [-0.05, 0) is 65.2 Å². The maximum absolute atomic E-state index is 4.75. The van der Waals surface area contributed by atoms with E-state index < -0.39 is 0 Å². The summed E-state index contributed by atoms with van der Waals surface area (Å²) < 4.78 is 1.95. The molecule has 8 heteroatoms. The fourth-order valence-corrected chi connectivity index (χ4v) is 3.44. The minimum atomic E-state index is 0. The third-order valence-corrected chi connectivity index (χ3v) is 5.21. The van der Waals surface area contributed by atoms with Crippen LogP contribution in [0.15, 0.2) is 23.3 Å². The number of anilines is 1. The lowest BCUT2D eigenvalue weighted by Crippen LogP contribution is -2.43. The molecule has 0 spiro atoms. The highest BCUT2D eigenvalue weighted by molar-refractivity contribution is 14.0. The zero-order chi connectivity index (χ0) is 21.4. The van der Waals surface area contributed by atoms with Crippen molar-refractivity contribution < 1.29 is 0 Å². The molecule has 2 N–H and O–H groups in total. The van der Waals surface area contributed by atoms with Gasteiger partial charge in [0.2, 0.25) is 0 Å². The summed E-state index contributed by atoms with van der Waals surface area (Å²) in [6.45, 7) is 16.1. The molecule has 0 aromatic carbocycles. The van der Waals surface area contributed by atoms with E-state index in [1.165, 1.54) is 11.3 Å². The smallest absolute Gasteiger partial charge is 0.191 e. The third-order valence-electron chi connectivity index (χ3n) is 5.21. The lowest BCUT2D eigenvalue weighted by Gasteiger charge is -2.20. The first-order valence-corrected chi connectivity index (χ1v) is 10.6. The molecule has 0 bridgehead atoms. The topological polar surface area (TPSA) is 70.4 Å². The van der Waals surface area contributed by atoms with Crippen molar-refractivity contribution in [3.63, 3.8) is 0 Å². The molecule has 2 aromatic rings. The first-order valence-electron chi connectivity index (χ1n) is 10.6. The van der Waals surface area contributed by atoms with Crippen molar-refractivity contribution in [3.8, 4) is 0 Å². The van der Waals surface area contributed by atoms with Gasteiger partial charge in [-0.1, -0.05) is 6.07 Å². The van der Waals surface area contributed by atoms with Crippen molar-refractivity contribution in [2.45, 2.75) is 60.5 Å². The van der Waals surface area contributed by atoms with Gasteiger partial charge in [-0.25, -0.2) is 9.98 Å². The molecule has 2 heterocycles. The van der Waals surface area contributed by atoms with Crippen molar-refractivity contribution in [3.05, 3.63) is 40.8 Å². The number of aliphatic imine (C=N–C) groups is 1. The average Bonchev–Trinajstić information content (AvgIpc) is 2.94. The van der Waals surface area contributed by atoms with Crippen LogP contribution in [-0.4, -0.2) is 46.4 Å². The number of aryl methyl sites for hydroxylation is 2. The van der Waals surface area contributed by atoms with Crippen molar-refractivity contribution in [2.24, 2.45) is 12.0 Å². The number of nitrogens with one attached hydrogen (secondary N) is 2. The number of hydrogen-bond acceptors (Lipinski definition) is 4. The molecule has 2 aromatic heterocycles. The van der Waals surface area contributed by atoms with Gasteiger partial charge in [0.05, 0.1) is 12.2 Å². The number of guanidine groups is 1. The van der Waals surface area contributed by atoms with E-state index in [-0.39, 0.29) is 30.0 Å². The molecule has 7 nitrogen and oxygen atoms in total. The van der Waals surface area contributed by atoms with Gasteiger partial charge in [0.1, 0.15) is 5.82 Å². The summed E-state index contributed by atoms with van der Waals surface area (Å²) in [6, 6.07) is 4.44. The second-order valence-electron chi connectivity index (χ2n) is 7.41. The van der Waals surface area contributed by atoms with E-state index in [0.29, 0.717) is 6.54 Å². The molecule has 0 aliphatic carbocycles. The number of nitrogens with zero attached hydrogens (tertiary/aromatic N) is 5. The molecular formula is C22H38IN7. The number of rotatable bonds is 9. The van der Waals surface area contributed by atoms with Crippen LogP contribution in [0.5, 0.6) is 0 Å². The van der Waals surface area contributed by atoms with Crippen molar-refractivity contribution in [2.75, 3.05) is 24.5 Å². The predicted molar refractivity (Wildman–Crippen MR) is 137 cm³/mol. The Morgan fingerprint density at radius 2 is 1.90 bits per heavy atom. The molecule has 0 aliphatic rings. The van der Waals surface area contributed by atoms with Crippen LogP contribution in [0.4, 0.5) is 5.82 Å². The Morgan fingerprint density at radius 1 is 1.20 bits per heavy atom. The second-order valence-corrected chi connectivity index (χ2v) is 7.41. The largest absolute Gasteiger partial charge is 0.357 e. The Balaban J connectivity index is 0.00000450. The van der Waals surface area contributed by atoms with Crippen LogP contribution < -0.4 is 15.5 Å². The van der Waals surface area contributed by atoms with Gasteiger partial charge in [-0.3, -0.25) is 4.68 Å². The number of hydrogen-bond donors (Lipinski definition) is 2. The lowest BCUT2D eigenvalue weighted by atomic mass is 10.1. The van der Waals surface area contributed by atoms with E-state index >= 15 is 0 Å². The number of halogens is 1. The monoisotopic (exact) mass is 527 g/mol. The van der Waals surface area contributed by atoms with E-state index in [4.69, 9.17) is 4.99 Å². The minimum Gasteiger partial charge on any atom is -0.357 e. The van der Waals surface area contributed by atoms with Gasteiger partial charge >= 0.3 is 0 Å². The van der Waals surface area contributed by atoms with Crippen LogP contribution in [0.3, 0.4) is 0 Å². The van der Waals surface area contributed by atoms with Gasteiger partial charge in [-0.15, -0.1) is 24.0 Å². The zero-order valence-electron chi connectivity index (χ0n) is 19.5. The first kappa shape index (κ1) is 26.2. The predicted octanol–water partition coefficient (Wildman–Crippen LogP) is 3.58. The molecule has 0 saturated carbocycles. The molecule has 0 fully saturated rings. The van der Waals surface area contributed by atoms with Crippen molar-refractivity contribution in [1.82, 2.24) is 25.4 Å². The Bertz CT molecular complexity index is 795. The molecule has 0 amide bonds. The van der Waals surface area contributed by atoms with Gasteiger partial charge in [-0.2, -0.15) is 5.10 Å². The van der Waals surface area contributed by atoms with Gasteiger partial charge in [0, 0.05) is 44.6 Å². The maximum Gasteiger partial charge on any atom is 0.191 e. The highest BCUT2D eigenvalue weighted by atomic mass is 127. The molecule has 0 saturated heterocycles. The Labute approximate surface area is 198 Å². The molecule has 1 atom stereocenters.